The molecule has 1 aromatic heterocycles. The summed E-state index contributed by atoms with van der Waals surface area (Å²) in [6, 6.07) is 15.2. The first-order chi connectivity index (χ1) is 15.0. The van der Waals surface area contributed by atoms with Gasteiger partial charge >= 0.3 is 0 Å². The molecule has 2 aromatic carbocycles. The zero-order valence-corrected chi connectivity index (χ0v) is 18.2. The number of carbonyl (C=O) groups is 1. The Kier molecular flexibility index (Phi) is 6.80. The summed E-state index contributed by atoms with van der Waals surface area (Å²) < 4.78 is 25.3. The Hall–Kier alpha value is -2.54. The lowest BCUT2D eigenvalue weighted by Crippen LogP contribution is -2.48. The van der Waals surface area contributed by atoms with Crippen LogP contribution in [0.5, 0.6) is 5.75 Å². The molecule has 0 spiro atoms. The van der Waals surface area contributed by atoms with Crippen LogP contribution in [0.2, 0.25) is 10.0 Å². The van der Waals surface area contributed by atoms with Crippen molar-refractivity contribution in [1.82, 2.24) is 9.80 Å². The molecule has 0 aliphatic carbocycles. The maximum Gasteiger partial charge on any atom is 0.289 e. The number of hydrogen-bond donors (Lipinski definition) is 0. The van der Waals surface area contributed by atoms with Crippen LogP contribution in [0.4, 0.5) is 4.39 Å². The molecule has 31 heavy (non-hydrogen) atoms. The standard InChI is InChI=1S/C23H21Cl2FN2O3/c24-16-3-1-4-17(13-16)30-15-18-7-8-22(31-18)23(29)28-11-9-27(10-12-28)14-19-20(25)5-2-6-21(19)26/h1-8,13H,9-12,14-15H2. The molecule has 162 valence electrons. The lowest BCUT2D eigenvalue weighted by molar-refractivity contribution is 0.0593. The lowest BCUT2D eigenvalue weighted by Gasteiger charge is -2.34. The van der Waals surface area contributed by atoms with Crippen molar-refractivity contribution in [2.24, 2.45) is 0 Å². The molecule has 1 aliphatic rings. The molecule has 2 heterocycles. The summed E-state index contributed by atoms with van der Waals surface area (Å²) in [7, 11) is 0. The third-order valence-electron chi connectivity index (χ3n) is 5.15. The van der Waals surface area contributed by atoms with Crippen LogP contribution in [-0.4, -0.2) is 41.9 Å². The number of benzene rings is 2. The molecule has 0 saturated carbocycles. The second kappa shape index (κ2) is 9.73. The predicted octanol–water partition coefficient (Wildman–Crippen LogP) is 5.26. The van der Waals surface area contributed by atoms with Gasteiger partial charge in [-0.25, -0.2) is 4.39 Å². The topological polar surface area (TPSA) is 45.9 Å². The van der Waals surface area contributed by atoms with Gasteiger partial charge in [0.05, 0.1) is 0 Å². The van der Waals surface area contributed by atoms with E-state index in [2.05, 4.69) is 4.90 Å². The Morgan fingerprint density at radius 1 is 1.03 bits per heavy atom. The van der Waals surface area contributed by atoms with Crippen LogP contribution in [0.3, 0.4) is 0 Å². The zero-order chi connectivity index (χ0) is 21.8. The van der Waals surface area contributed by atoms with E-state index < -0.39 is 0 Å². The summed E-state index contributed by atoms with van der Waals surface area (Å²) in [5.41, 5.74) is 0.485. The van der Waals surface area contributed by atoms with Crippen molar-refractivity contribution < 1.29 is 18.3 Å². The van der Waals surface area contributed by atoms with Gasteiger partial charge in [0.15, 0.2) is 5.76 Å². The molecule has 1 fully saturated rings. The van der Waals surface area contributed by atoms with Gasteiger partial charge in [0.2, 0.25) is 0 Å². The van der Waals surface area contributed by atoms with Crippen molar-refractivity contribution >= 4 is 29.1 Å². The minimum absolute atomic E-state index is 0.169. The number of rotatable bonds is 6. The number of amides is 1. The van der Waals surface area contributed by atoms with Gasteiger partial charge in [0.25, 0.3) is 5.91 Å². The maximum absolute atomic E-state index is 14.0. The number of furan rings is 1. The molecule has 0 bridgehead atoms. The van der Waals surface area contributed by atoms with Crippen molar-refractivity contribution in [3.63, 3.8) is 0 Å². The minimum Gasteiger partial charge on any atom is -0.486 e. The van der Waals surface area contributed by atoms with Crippen molar-refractivity contribution in [2.45, 2.75) is 13.2 Å². The smallest absolute Gasteiger partial charge is 0.289 e. The molecule has 5 nitrogen and oxygen atoms in total. The van der Waals surface area contributed by atoms with E-state index in [1.807, 2.05) is 0 Å². The molecular weight excluding hydrogens is 442 g/mol. The summed E-state index contributed by atoms with van der Waals surface area (Å²) in [5, 5.41) is 1.01. The molecule has 1 aliphatic heterocycles. The Morgan fingerprint density at radius 3 is 2.55 bits per heavy atom. The van der Waals surface area contributed by atoms with E-state index in [-0.39, 0.29) is 24.1 Å². The molecule has 1 amide bonds. The first-order valence-electron chi connectivity index (χ1n) is 9.91. The van der Waals surface area contributed by atoms with Gasteiger partial charge in [0, 0.05) is 48.3 Å². The molecule has 0 unspecified atom stereocenters. The van der Waals surface area contributed by atoms with Gasteiger partial charge in [-0.15, -0.1) is 0 Å². The fourth-order valence-electron chi connectivity index (χ4n) is 3.45. The number of piperazine rings is 1. The van der Waals surface area contributed by atoms with Crippen molar-refractivity contribution in [2.75, 3.05) is 26.2 Å². The second-order valence-corrected chi connectivity index (χ2v) is 8.12. The third-order valence-corrected chi connectivity index (χ3v) is 5.74. The van der Waals surface area contributed by atoms with Gasteiger partial charge in [-0.1, -0.05) is 35.3 Å². The Balaban J connectivity index is 1.30. The van der Waals surface area contributed by atoms with E-state index in [1.165, 1.54) is 6.07 Å². The number of ether oxygens (including phenoxy) is 1. The summed E-state index contributed by atoms with van der Waals surface area (Å²) >= 11 is 12.1. The molecule has 0 N–H and O–H groups in total. The molecule has 0 atom stereocenters. The van der Waals surface area contributed by atoms with Crippen molar-refractivity contribution in [1.29, 1.82) is 0 Å². The van der Waals surface area contributed by atoms with Gasteiger partial charge < -0.3 is 14.1 Å². The fraction of sp³-hybridized carbons (Fsp3) is 0.261. The minimum atomic E-state index is -0.311. The van der Waals surface area contributed by atoms with Gasteiger partial charge in [-0.05, 0) is 42.5 Å². The molecule has 8 heteroatoms. The molecule has 1 saturated heterocycles. The largest absolute Gasteiger partial charge is 0.486 e. The van der Waals surface area contributed by atoms with Crippen LogP contribution >= 0.6 is 23.2 Å². The normalized spacial score (nSPS) is 14.6. The van der Waals surface area contributed by atoms with Crippen LogP contribution in [0, 0.1) is 5.82 Å². The number of nitrogens with zero attached hydrogens (tertiary/aromatic N) is 2. The first kappa shape index (κ1) is 21.7. The number of hydrogen-bond acceptors (Lipinski definition) is 4. The Morgan fingerprint density at radius 2 is 1.81 bits per heavy atom. The summed E-state index contributed by atoms with van der Waals surface area (Å²) in [6.07, 6.45) is 0. The maximum atomic E-state index is 14.0. The first-order valence-corrected chi connectivity index (χ1v) is 10.7. The van der Waals surface area contributed by atoms with E-state index in [0.717, 1.165) is 0 Å². The third kappa shape index (κ3) is 5.39. The van der Waals surface area contributed by atoms with E-state index in [0.29, 0.717) is 59.8 Å². The van der Waals surface area contributed by atoms with E-state index in [4.69, 9.17) is 32.4 Å². The molecular formula is C23H21Cl2FN2O3. The lowest BCUT2D eigenvalue weighted by atomic mass is 10.2. The molecule has 0 radical (unpaired) electrons. The SMILES string of the molecule is O=C(c1ccc(COc2cccc(Cl)c2)o1)N1CCN(Cc2c(F)cccc2Cl)CC1. The van der Waals surface area contributed by atoms with Crippen LogP contribution in [0.1, 0.15) is 21.9 Å². The summed E-state index contributed by atoms with van der Waals surface area (Å²) in [6.45, 7) is 2.92. The summed E-state index contributed by atoms with van der Waals surface area (Å²) in [5.74, 6) is 0.973. The van der Waals surface area contributed by atoms with E-state index in [1.54, 1.807) is 53.4 Å². The Bertz CT molecular complexity index is 1040. The van der Waals surface area contributed by atoms with Gasteiger partial charge in [-0.3, -0.25) is 9.69 Å². The highest BCUT2D eigenvalue weighted by Gasteiger charge is 2.25. The second-order valence-electron chi connectivity index (χ2n) is 7.28. The molecule has 4 rings (SSSR count). The zero-order valence-electron chi connectivity index (χ0n) is 16.7. The molecule has 3 aromatic rings. The predicted molar refractivity (Wildman–Crippen MR) is 117 cm³/mol. The number of carbonyl (C=O) groups excluding carboxylic acids is 1. The monoisotopic (exact) mass is 462 g/mol. The van der Waals surface area contributed by atoms with Crippen LogP contribution in [-0.2, 0) is 13.2 Å². The summed E-state index contributed by atoms with van der Waals surface area (Å²) in [4.78, 5) is 16.6. The van der Waals surface area contributed by atoms with Gasteiger partial charge in [0.1, 0.15) is 23.9 Å². The van der Waals surface area contributed by atoms with Gasteiger partial charge in [-0.2, -0.15) is 0 Å². The highest BCUT2D eigenvalue weighted by atomic mass is 35.5. The van der Waals surface area contributed by atoms with E-state index >= 15 is 0 Å². The quantitative estimate of drug-likeness (QED) is 0.500. The van der Waals surface area contributed by atoms with Crippen LogP contribution in [0.15, 0.2) is 59.0 Å². The average molecular weight is 463 g/mol. The highest BCUT2D eigenvalue weighted by Crippen LogP contribution is 2.22. The fourth-order valence-corrected chi connectivity index (χ4v) is 3.86. The van der Waals surface area contributed by atoms with Crippen molar-refractivity contribution in [3.05, 3.63) is 87.5 Å². The number of halogens is 3. The van der Waals surface area contributed by atoms with Crippen LogP contribution < -0.4 is 4.74 Å². The van der Waals surface area contributed by atoms with Crippen molar-refractivity contribution in [3.8, 4) is 5.75 Å². The average Bonchev–Trinajstić information content (AvgIpc) is 3.24. The van der Waals surface area contributed by atoms with E-state index in [9.17, 15) is 9.18 Å². The van der Waals surface area contributed by atoms with Crippen LogP contribution in [0.25, 0.3) is 0 Å². The highest BCUT2D eigenvalue weighted by molar-refractivity contribution is 6.31. The Labute approximate surface area is 189 Å².